The summed E-state index contributed by atoms with van der Waals surface area (Å²) in [6, 6.07) is 8.61. The van der Waals surface area contributed by atoms with Gasteiger partial charge in [0.25, 0.3) is 0 Å². The summed E-state index contributed by atoms with van der Waals surface area (Å²) in [6.45, 7) is 9.98. The molecule has 0 aliphatic carbocycles. The molecule has 2 aromatic rings. The first-order valence-electron chi connectivity index (χ1n) is 7.78. The molecule has 1 aromatic heterocycles. The van der Waals surface area contributed by atoms with E-state index in [4.69, 9.17) is 9.31 Å². The predicted octanol–water partition coefficient (Wildman–Crippen LogP) is 3.92. The first kappa shape index (κ1) is 18.9. The van der Waals surface area contributed by atoms with E-state index in [0.29, 0.717) is 11.3 Å². The Bertz CT molecular complexity index is 736. The third-order valence-electron chi connectivity index (χ3n) is 4.75. The van der Waals surface area contributed by atoms with Crippen LogP contribution in [0.5, 0.6) is 0 Å². The molecule has 0 N–H and O–H groups in total. The highest BCUT2D eigenvalue weighted by Gasteiger charge is 2.51. The molecule has 0 radical (unpaired) electrons. The standard InChI is InChI=1S/C18H21BFNO2.ClH/c1-12-10-13(19-22-17(2,3)18(4,5)23-19)11-21-16(12)14-8-6-7-9-15(14)20;/h6-11H,1-5H3;1H. The van der Waals surface area contributed by atoms with Crippen LogP contribution in [0.15, 0.2) is 36.5 Å². The van der Waals surface area contributed by atoms with Crippen molar-refractivity contribution in [2.75, 3.05) is 0 Å². The Labute approximate surface area is 149 Å². The molecule has 0 unspecified atom stereocenters. The Morgan fingerprint density at radius 1 is 1.04 bits per heavy atom. The molecule has 24 heavy (non-hydrogen) atoms. The maximum atomic E-state index is 14.0. The number of hydrogen-bond acceptors (Lipinski definition) is 3. The molecular weight excluding hydrogens is 327 g/mol. The largest absolute Gasteiger partial charge is 0.496 e. The fourth-order valence-corrected chi connectivity index (χ4v) is 2.64. The molecule has 0 amide bonds. The molecule has 1 aromatic carbocycles. The minimum atomic E-state index is -0.458. The van der Waals surface area contributed by atoms with E-state index >= 15 is 0 Å². The van der Waals surface area contributed by atoms with Crippen LogP contribution in [0, 0.1) is 12.7 Å². The molecule has 1 aliphatic rings. The number of aromatic nitrogens is 1. The van der Waals surface area contributed by atoms with Gasteiger partial charge in [-0.2, -0.15) is 0 Å². The number of rotatable bonds is 2. The first-order valence-corrected chi connectivity index (χ1v) is 7.78. The molecule has 0 atom stereocenters. The Balaban J connectivity index is 0.00000208. The van der Waals surface area contributed by atoms with Crippen molar-refractivity contribution < 1.29 is 13.7 Å². The second-order valence-electron chi connectivity index (χ2n) is 7.00. The van der Waals surface area contributed by atoms with Gasteiger partial charge in [0.15, 0.2) is 0 Å². The smallest absolute Gasteiger partial charge is 0.399 e. The van der Waals surface area contributed by atoms with Crippen molar-refractivity contribution in [3.63, 3.8) is 0 Å². The lowest BCUT2D eigenvalue weighted by Gasteiger charge is -2.32. The highest BCUT2D eigenvalue weighted by molar-refractivity contribution is 6.62. The van der Waals surface area contributed by atoms with E-state index in [1.165, 1.54) is 6.07 Å². The van der Waals surface area contributed by atoms with E-state index in [1.54, 1.807) is 18.3 Å². The van der Waals surface area contributed by atoms with Crippen LogP contribution in [-0.2, 0) is 9.31 Å². The lowest BCUT2D eigenvalue weighted by molar-refractivity contribution is 0.00578. The normalized spacial score (nSPS) is 18.3. The average molecular weight is 350 g/mol. The monoisotopic (exact) mass is 349 g/mol. The molecule has 0 spiro atoms. The maximum Gasteiger partial charge on any atom is 0.496 e. The molecule has 3 nitrogen and oxygen atoms in total. The molecule has 3 rings (SSSR count). The second-order valence-corrected chi connectivity index (χ2v) is 7.00. The average Bonchev–Trinajstić information content (AvgIpc) is 2.68. The van der Waals surface area contributed by atoms with E-state index in [0.717, 1.165) is 11.0 Å². The quantitative estimate of drug-likeness (QED) is 0.770. The summed E-state index contributed by atoms with van der Waals surface area (Å²) < 4.78 is 26.0. The lowest BCUT2D eigenvalue weighted by Crippen LogP contribution is -2.41. The molecular formula is C18H22BClFNO2. The van der Waals surface area contributed by atoms with Crippen LogP contribution < -0.4 is 5.46 Å². The summed E-state index contributed by atoms with van der Waals surface area (Å²) in [5.74, 6) is -0.272. The van der Waals surface area contributed by atoms with Crippen molar-refractivity contribution in [1.82, 2.24) is 4.98 Å². The third kappa shape index (κ3) is 3.21. The fourth-order valence-electron chi connectivity index (χ4n) is 2.64. The summed E-state index contributed by atoms with van der Waals surface area (Å²) in [7, 11) is -0.458. The predicted molar refractivity (Wildman–Crippen MR) is 97.3 cm³/mol. The topological polar surface area (TPSA) is 31.4 Å². The van der Waals surface area contributed by atoms with Crippen LogP contribution in [0.2, 0.25) is 0 Å². The summed E-state index contributed by atoms with van der Waals surface area (Å²) >= 11 is 0. The number of nitrogens with zero attached hydrogens (tertiary/aromatic N) is 1. The Morgan fingerprint density at radius 3 is 2.17 bits per heavy atom. The Kier molecular flexibility index (Phi) is 5.10. The van der Waals surface area contributed by atoms with Crippen molar-refractivity contribution in [3.8, 4) is 11.3 Å². The first-order chi connectivity index (χ1) is 10.7. The van der Waals surface area contributed by atoms with Crippen LogP contribution in [0.1, 0.15) is 33.3 Å². The molecule has 6 heteroatoms. The van der Waals surface area contributed by atoms with Gasteiger partial charge in [-0.15, -0.1) is 12.4 Å². The van der Waals surface area contributed by atoms with Gasteiger partial charge < -0.3 is 9.31 Å². The van der Waals surface area contributed by atoms with Crippen LogP contribution in [0.25, 0.3) is 11.3 Å². The Hall–Kier alpha value is -1.43. The van der Waals surface area contributed by atoms with Crippen molar-refractivity contribution in [3.05, 3.63) is 47.9 Å². The number of aryl methyl sites for hydroxylation is 1. The zero-order valence-corrected chi connectivity index (χ0v) is 15.4. The van der Waals surface area contributed by atoms with Crippen molar-refractivity contribution in [1.29, 1.82) is 0 Å². The maximum absolute atomic E-state index is 14.0. The molecule has 0 saturated carbocycles. The summed E-state index contributed by atoms with van der Waals surface area (Å²) in [4.78, 5) is 4.45. The van der Waals surface area contributed by atoms with E-state index < -0.39 is 18.3 Å². The molecule has 1 fully saturated rings. The van der Waals surface area contributed by atoms with Crippen molar-refractivity contribution in [2.45, 2.75) is 45.8 Å². The molecule has 128 valence electrons. The number of hydrogen-bond donors (Lipinski definition) is 0. The highest BCUT2D eigenvalue weighted by atomic mass is 35.5. The van der Waals surface area contributed by atoms with Gasteiger partial charge in [-0.25, -0.2) is 4.39 Å². The number of benzene rings is 1. The van der Waals surface area contributed by atoms with E-state index in [2.05, 4.69) is 4.98 Å². The van der Waals surface area contributed by atoms with Gasteiger partial charge in [0.1, 0.15) is 5.82 Å². The summed E-state index contributed by atoms with van der Waals surface area (Å²) in [5.41, 5.74) is 2.10. The molecule has 2 heterocycles. The third-order valence-corrected chi connectivity index (χ3v) is 4.75. The minimum absolute atomic E-state index is 0. The lowest BCUT2D eigenvalue weighted by atomic mass is 9.79. The zero-order chi connectivity index (χ0) is 16.8. The van der Waals surface area contributed by atoms with Gasteiger partial charge in [0.05, 0.1) is 16.9 Å². The van der Waals surface area contributed by atoms with E-state index in [-0.39, 0.29) is 18.2 Å². The van der Waals surface area contributed by atoms with E-state index in [1.807, 2.05) is 46.8 Å². The number of pyridine rings is 1. The van der Waals surface area contributed by atoms with Gasteiger partial charge in [-0.05, 0) is 52.3 Å². The van der Waals surface area contributed by atoms with E-state index in [9.17, 15) is 4.39 Å². The minimum Gasteiger partial charge on any atom is -0.399 e. The second kappa shape index (κ2) is 6.47. The Morgan fingerprint density at radius 2 is 1.62 bits per heavy atom. The summed E-state index contributed by atoms with van der Waals surface area (Å²) in [6.07, 6.45) is 1.71. The highest BCUT2D eigenvalue weighted by Crippen LogP contribution is 2.36. The van der Waals surface area contributed by atoms with Gasteiger partial charge in [-0.3, -0.25) is 4.98 Å². The fraction of sp³-hybridized carbons (Fsp3) is 0.389. The van der Waals surface area contributed by atoms with Gasteiger partial charge in [0, 0.05) is 17.2 Å². The van der Waals surface area contributed by atoms with Crippen molar-refractivity contribution in [2.24, 2.45) is 0 Å². The summed E-state index contributed by atoms with van der Waals surface area (Å²) in [5, 5.41) is 0. The van der Waals surface area contributed by atoms with Gasteiger partial charge in [0.2, 0.25) is 0 Å². The van der Waals surface area contributed by atoms with Crippen LogP contribution in [0.3, 0.4) is 0 Å². The van der Waals surface area contributed by atoms with Crippen LogP contribution >= 0.6 is 12.4 Å². The molecule has 0 bridgehead atoms. The molecule has 1 aliphatic heterocycles. The van der Waals surface area contributed by atoms with Gasteiger partial charge in [-0.1, -0.05) is 18.2 Å². The van der Waals surface area contributed by atoms with Gasteiger partial charge >= 0.3 is 7.12 Å². The van der Waals surface area contributed by atoms with Crippen LogP contribution in [-0.4, -0.2) is 23.3 Å². The number of halogens is 2. The van der Waals surface area contributed by atoms with Crippen LogP contribution in [0.4, 0.5) is 4.39 Å². The SMILES string of the molecule is Cc1cc(B2OC(C)(C)C(C)(C)O2)cnc1-c1ccccc1F.Cl. The zero-order valence-electron chi connectivity index (χ0n) is 14.6. The molecule has 1 saturated heterocycles. The van der Waals surface area contributed by atoms with Crippen molar-refractivity contribution >= 4 is 25.0 Å².